The van der Waals surface area contributed by atoms with Crippen LogP contribution in [-0.2, 0) is 20.7 Å². The third-order valence-corrected chi connectivity index (χ3v) is 6.49. The molecule has 2 unspecified atom stereocenters. The van der Waals surface area contributed by atoms with Crippen molar-refractivity contribution in [3.8, 4) is 0 Å². The number of nitrogens with one attached hydrogen (secondary N) is 1. The number of hydrogen-bond acceptors (Lipinski definition) is 4. The average Bonchev–Trinajstić information content (AvgIpc) is 3.23. The van der Waals surface area contributed by atoms with E-state index in [0.717, 1.165) is 36.9 Å². The lowest BCUT2D eigenvalue weighted by atomic mass is 9.77. The van der Waals surface area contributed by atoms with Crippen molar-refractivity contribution >= 4 is 29.2 Å². The van der Waals surface area contributed by atoms with Crippen molar-refractivity contribution in [2.75, 3.05) is 23.9 Å². The van der Waals surface area contributed by atoms with E-state index in [1.54, 1.807) is 18.2 Å². The fraction of sp³-hybridized carbons (Fsp3) is 0.400. The molecule has 0 saturated heterocycles. The third-order valence-electron chi connectivity index (χ3n) is 6.49. The Morgan fingerprint density at radius 3 is 2.55 bits per heavy atom. The van der Waals surface area contributed by atoms with Crippen molar-refractivity contribution in [1.29, 1.82) is 0 Å². The Kier molecular flexibility index (Phi) is 6.07. The Morgan fingerprint density at radius 1 is 1.03 bits per heavy atom. The molecule has 2 amide bonds. The SMILES string of the molecule is COC(=O)c1ccc(C)c(NC(=O)C2CCCCC2C(=O)N2CCc3ccccc32)c1. The highest BCUT2D eigenvalue weighted by molar-refractivity contribution is 6.02. The van der Waals surface area contributed by atoms with E-state index < -0.39 is 5.97 Å². The Hall–Kier alpha value is -3.15. The van der Waals surface area contributed by atoms with Crippen molar-refractivity contribution in [3.05, 3.63) is 59.2 Å². The van der Waals surface area contributed by atoms with Gasteiger partial charge in [0.2, 0.25) is 11.8 Å². The van der Waals surface area contributed by atoms with Crippen molar-refractivity contribution in [1.82, 2.24) is 0 Å². The highest BCUT2D eigenvalue weighted by atomic mass is 16.5. The smallest absolute Gasteiger partial charge is 0.337 e. The van der Waals surface area contributed by atoms with E-state index in [2.05, 4.69) is 11.4 Å². The van der Waals surface area contributed by atoms with Crippen LogP contribution in [0, 0.1) is 18.8 Å². The quantitative estimate of drug-likeness (QED) is 0.755. The number of para-hydroxylation sites is 1. The summed E-state index contributed by atoms with van der Waals surface area (Å²) in [5.41, 5.74) is 3.97. The fourth-order valence-electron chi connectivity index (χ4n) is 4.73. The monoisotopic (exact) mass is 420 g/mol. The summed E-state index contributed by atoms with van der Waals surface area (Å²) < 4.78 is 4.78. The van der Waals surface area contributed by atoms with Gasteiger partial charge in [-0.15, -0.1) is 0 Å². The average molecular weight is 421 g/mol. The van der Waals surface area contributed by atoms with E-state index in [0.29, 0.717) is 24.2 Å². The number of hydrogen-bond donors (Lipinski definition) is 1. The summed E-state index contributed by atoms with van der Waals surface area (Å²) >= 11 is 0. The van der Waals surface area contributed by atoms with Gasteiger partial charge in [-0.3, -0.25) is 9.59 Å². The van der Waals surface area contributed by atoms with Gasteiger partial charge < -0.3 is 15.0 Å². The van der Waals surface area contributed by atoms with Crippen molar-refractivity contribution < 1.29 is 19.1 Å². The predicted octanol–water partition coefficient (Wildman–Crippen LogP) is 4.12. The van der Waals surface area contributed by atoms with Crippen LogP contribution in [-0.4, -0.2) is 31.4 Å². The molecule has 1 fully saturated rings. The van der Waals surface area contributed by atoms with E-state index in [1.165, 1.54) is 12.7 Å². The van der Waals surface area contributed by atoms with Crippen LogP contribution in [0.5, 0.6) is 0 Å². The van der Waals surface area contributed by atoms with E-state index in [-0.39, 0.29) is 23.7 Å². The molecule has 31 heavy (non-hydrogen) atoms. The molecule has 2 atom stereocenters. The second-order valence-corrected chi connectivity index (χ2v) is 8.38. The minimum atomic E-state index is -0.450. The molecule has 1 aliphatic carbocycles. The molecule has 0 radical (unpaired) electrons. The summed E-state index contributed by atoms with van der Waals surface area (Å²) in [6.45, 7) is 2.55. The van der Waals surface area contributed by atoms with Crippen molar-refractivity contribution in [2.45, 2.75) is 39.0 Å². The highest BCUT2D eigenvalue weighted by Gasteiger charge is 2.39. The number of rotatable bonds is 4. The molecule has 4 rings (SSSR count). The number of fused-ring (bicyclic) bond motifs is 1. The first-order chi connectivity index (χ1) is 15.0. The molecule has 2 aliphatic rings. The molecule has 1 heterocycles. The minimum absolute atomic E-state index is 0.0461. The zero-order valence-electron chi connectivity index (χ0n) is 18.0. The highest BCUT2D eigenvalue weighted by Crippen LogP contribution is 2.36. The zero-order chi connectivity index (χ0) is 22.0. The van der Waals surface area contributed by atoms with Gasteiger partial charge in [-0.2, -0.15) is 0 Å². The molecular formula is C25H28N2O4. The molecule has 6 heteroatoms. The number of methoxy groups -OCH3 is 1. The van der Waals surface area contributed by atoms with Gasteiger partial charge in [0.1, 0.15) is 0 Å². The topological polar surface area (TPSA) is 75.7 Å². The number of ether oxygens (including phenoxy) is 1. The van der Waals surface area contributed by atoms with E-state index >= 15 is 0 Å². The van der Waals surface area contributed by atoms with Gasteiger partial charge in [-0.05, 0) is 55.5 Å². The van der Waals surface area contributed by atoms with E-state index in [1.807, 2.05) is 30.0 Å². The fourth-order valence-corrected chi connectivity index (χ4v) is 4.73. The molecule has 162 valence electrons. The third kappa shape index (κ3) is 4.20. The van der Waals surface area contributed by atoms with Crippen LogP contribution in [0.3, 0.4) is 0 Å². The summed E-state index contributed by atoms with van der Waals surface area (Å²) in [5.74, 6) is -1.27. The molecule has 1 N–H and O–H groups in total. The summed E-state index contributed by atoms with van der Waals surface area (Å²) in [6.07, 6.45) is 4.14. The summed E-state index contributed by atoms with van der Waals surface area (Å²) in [5, 5.41) is 2.98. The molecule has 2 aromatic carbocycles. The standard InChI is InChI=1S/C25H28N2O4/c1-16-11-12-18(25(30)31-2)15-21(16)26-23(28)19-8-4-5-9-20(19)24(29)27-14-13-17-7-3-6-10-22(17)27/h3,6-7,10-12,15,19-20H,4-5,8-9,13-14H2,1-2H3,(H,26,28). The van der Waals surface area contributed by atoms with Crippen LogP contribution >= 0.6 is 0 Å². The lowest BCUT2D eigenvalue weighted by Gasteiger charge is -2.33. The molecule has 0 bridgehead atoms. The van der Waals surface area contributed by atoms with Crippen LogP contribution < -0.4 is 10.2 Å². The number of benzene rings is 2. The van der Waals surface area contributed by atoms with Crippen molar-refractivity contribution in [2.24, 2.45) is 11.8 Å². The van der Waals surface area contributed by atoms with Crippen LogP contribution in [0.15, 0.2) is 42.5 Å². The molecular weight excluding hydrogens is 392 g/mol. The number of aryl methyl sites for hydroxylation is 1. The first-order valence-corrected chi connectivity index (χ1v) is 10.9. The number of anilines is 2. The maximum absolute atomic E-state index is 13.5. The maximum atomic E-state index is 13.5. The van der Waals surface area contributed by atoms with Gasteiger partial charge in [0, 0.05) is 23.8 Å². The van der Waals surface area contributed by atoms with E-state index in [4.69, 9.17) is 4.74 Å². The summed E-state index contributed by atoms with van der Waals surface area (Å²) in [4.78, 5) is 40.4. The van der Waals surface area contributed by atoms with E-state index in [9.17, 15) is 14.4 Å². The Morgan fingerprint density at radius 2 is 1.77 bits per heavy atom. The van der Waals surface area contributed by atoms with Gasteiger partial charge in [-0.1, -0.05) is 37.1 Å². The lowest BCUT2D eigenvalue weighted by molar-refractivity contribution is -0.132. The minimum Gasteiger partial charge on any atom is -0.465 e. The number of esters is 1. The first kappa shape index (κ1) is 21.1. The van der Waals surface area contributed by atoms with Gasteiger partial charge in [0.25, 0.3) is 0 Å². The number of carbonyl (C=O) groups excluding carboxylic acids is 3. The Labute approximate surface area is 182 Å². The maximum Gasteiger partial charge on any atom is 0.337 e. The number of nitrogens with zero attached hydrogens (tertiary/aromatic N) is 1. The summed E-state index contributed by atoms with van der Waals surface area (Å²) in [7, 11) is 1.33. The number of carbonyl (C=O) groups is 3. The molecule has 0 aromatic heterocycles. The molecule has 2 aromatic rings. The van der Waals surface area contributed by atoms with Gasteiger partial charge >= 0.3 is 5.97 Å². The largest absolute Gasteiger partial charge is 0.465 e. The zero-order valence-corrected chi connectivity index (χ0v) is 18.0. The van der Waals surface area contributed by atoms with Crippen LogP contribution in [0.4, 0.5) is 11.4 Å². The van der Waals surface area contributed by atoms with Gasteiger partial charge in [0.05, 0.1) is 18.6 Å². The lowest BCUT2D eigenvalue weighted by Crippen LogP contribution is -2.43. The Balaban J connectivity index is 1.53. The second kappa shape index (κ2) is 8.92. The molecule has 0 spiro atoms. The second-order valence-electron chi connectivity index (χ2n) is 8.38. The van der Waals surface area contributed by atoms with Gasteiger partial charge in [0.15, 0.2) is 0 Å². The van der Waals surface area contributed by atoms with Gasteiger partial charge in [-0.25, -0.2) is 4.79 Å². The first-order valence-electron chi connectivity index (χ1n) is 10.9. The predicted molar refractivity (Wildman–Crippen MR) is 119 cm³/mol. The van der Waals surface area contributed by atoms with Crippen LogP contribution in [0.25, 0.3) is 0 Å². The van der Waals surface area contributed by atoms with Crippen LogP contribution in [0.2, 0.25) is 0 Å². The summed E-state index contributed by atoms with van der Waals surface area (Å²) in [6, 6.07) is 13.1. The molecule has 1 aliphatic heterocycles. The molecule has 6 nitrogen and oxygen atoms in total. The normalized spacial score (nSPS) is 20.1. The van der Waals surface area contributed by atoms with Crippen LogP contribution in [0.1, 0.15) is 47.2 Å². The van der Waals surface area contributed by atoms with Crippen molar-refractivity contribution in [3.63, 3.8) is 0 Å². The number of amides is 2. The molecule has 1 saturated carbocycles. The Bertz CT molecular complexity index is 1020.